The van der Waals surface area contributed by atoms with Gasteiger partial charge in [-0.05, 0) is 18.6 Å². The summed E-state index contributed by atoms with van der Waals surface area (Å²) in [5.74, 6) is -0.272. The highest BCUT2D eigenvalue weighted by molar-refractivity contribution is 5.47. The van der Waals surface area contributed by atoms with Gasteiger partial charge in [0, 0.05) is 16.9 Å². The molecule has 6 heteroatoms. The Morgan fingerprint density at radius 1 is 1.18 bits per heavy atom. The highest BCUT2D eigenvalue weighted by Gasteiger charge is 2.54. The van der Waals surface area contributed by atoms with E-state index in [0.29, 0.717) is 0 Å². The van der Waals surface area contributed by atoms with E-state index < -0.39 is 12.1 Å². The van der Waals surface area contributed by atoms with Crippen molar-refractivity contribution in [3.8, 4) is 17.6 Å². The average Bonchev–Trinajstić information content (AvgIpc) is 2.33. The molecule has 0 spiro atoms. The molecule has 1 aromatic rings. The molecule has 0 unspecified atom stereocenters. The fourth-order valence-corrected chi connectivity index (χ4v) is 3.62. The van der Waals surface area contributed by atoms with Gasteiger partial charge in [0.1, 0.15) is 17.9 Å². The van der Waals surface area contributed by atoms with E-state index in [4.69, 9.17) is 10.00 Å². The van der Waals surface area contributed by atoms with Gasteiger partial charge in [-0.1, -0.05) is 27.7 Å². The molecular formula is C16H18F3NO2. The van der Waals surface area contributed by atoms with Crippen molar-refractivity contribution in [1.82, 2.24) is 0 Å². The smallest absolute Gasteiger partial charge is 0.489 e. The quantitative estimate of drug-likeness (QED) is 0.815. The number of rotatable bonds is 3. The molecular weight excluding hydrogens is 295 g/mol. The minimum Gasteiger partial charge on any atom is -0.489 e. The lowest BCUT2D eigenvalue weighted by Crippen LogP contribution is -2.58. The van der Waals surface area contributed by atoms with Crippen LogP contribution >= 0.6 is 0 Å². The van der Waals surface area contributed by atoms with Crippen molar-refractivity contribution < 1.29 is 22.6 Å². The minimum absolute atomic E-state index is 0.0531. The van der Waals surface area contributed by atoms with Crippen LogP contribution in [0.3, 0.4) is 0 Å². The molecule has 0 N–H and O–H groups in total. The van der Waals surface area contributed by atoms with Gasteiger partial charge >= 0.3 is 6.36 Å². The highest BCUT2D eigenvalue weighted by atomic mass is 19.4. The monoisotopic (exact) mass is 313 g/mol. The van der Waals surface area contributed by atoms with Crippen molar-refractivity contribution in [3.05, 3.63) is 23.8 Å². The van der Waals surface area contributed by atoms with E-state index in [0.717, 1.165) is 12.5 Å². The lowest BCUT2D eigenvalue weighted by Gasteiger charge is -2.56. The second-order valence-electron chi connectivity index (χ2n) is 6.97. The molecule has 0 aromatic heterocycles. The first kappa shape index (κ1) is 16.5. The van der Waals surface area contributed by atoms with E-state index in [2.05, 4.69) is 32.4 Å². The zero-order valence-corrected chi connectivity index (χ0v) is 12.9. The average molecular weight is 313 g/mol. The molecule has 1 aliphatic rings. The van der Waals surface area contributed by atoms with Crippen molar-refractivity contribution in [3.63, 3.8) is 0 Å². The predicted molar refractivity (Wildman–Crippen MR) is 74.4 cm³/mol. The van der Waals surface area contributed by atoms with Gasteiger partial charge in [-0.15, -0.1) is 13.2 Å². The predicted octanol–water partition coefficient (Wildman–Crippen LogP) is 4.66. The number of halogens is 3. The van der Waals surface area contributed by atoms with Crippen molar-refractivity contribution in [2.24, 2.45) is 10.8 Å². The summed E-state index contributed by atoms with van der Waals surface area (Å²) in [6, 6.07) is 5.57. The molecule has 2 rings (SSSR count). The summed E-state index contributed by atoms with van der Waals surface area (Å²) in [6.45, 7) is 8.22. The van der Waals surface area contributed by atoms with Gasteiger partial charge < -0.3 is 9.47 Å². The molecule has 0 saturated heterocycles. The number of benzene rings is 1. The molecule has 3 nitrogen and oxygen atoms in total. The van der Waals surface area contributed by atoms with Crippen LogP contribution in [0, 0.1) is 22.2 Å². The summed E-state index contributed by atoms with van der Waals surface area (Å²) < 4.78 is 47.0. The van der Waals surface area contributed by atoms with E-state index >= 15 is 0 Å². The number of hydrogen-bond donors (Lipinski definition) is 0. The summed E-state index contributed by atoms with van der Waals surface area (Å²) in [7, 11) is 0. The zero-order chi connectivity index (χ0) is 16.8. The van der Waals surface area contributed by atoms with Crippen LogP contribution in [0.2, 0.25) is 0 Å². The molecule has 0 amide bonds. The van der Waals surface area contributed by atoms with Crippen LogP contribution in [0.5, 0.6) is 11.5 Å². The first-order chi connectivity index (χ1) is 9.94. The number of nitriles is 1. The van der Waals surface area contributed by atoms with Gasteiger partial charge in [-0.2, -0.15) is 5.26 Å². The number of alkyl halides is 3. The molecule has 0 radical (unpaired) electrons. The molecule has 120 valence electrons. The maximum absolute atomic E-state index is 12.4. The van der Waals surface area contributed by atoms with Crippen LogP contribution in [0.1, 0.15) is 39.7 Å². The Balaban J connectivity index is 2.26. The SMILES string of the molecule is CC1(C)CC(C)(C)C1Oc1ccc(C#N)c(OC(F)(F)F)c1. The van der Waals surface area contributed by atoms with Crippen LogP contribution in [0.4, 0.5) is 13.2 Å². The van der Waals surface area contributed by atoms with Gasteiger partial charge in [0.2, 0.25) is 0 Å². The second-order valence-corrected chi connectivity index (χ2v) is 6.97. The minimum atomic E-state index is -4.85. The van der Waals surface area contributed by atoms with Crippen LogP contribution in [0.25, 0.3) is 0 Å². The first-order valence-electron chi connectivity index (χ1n) is 6.91. The third-order valence-corrected chi connectivity index (χ3v) is 3.88. The van der Waals surface area contributed by atoms with Gasteiger partial charge in [0.25, 0.3) is 0 Å². The van der Waals surface area contributed by atoms with Gasteiger partial charge in [-0.25, -0.2) is 0 Å². The molecule has 0 heterocycles. The summed E-state index contributed by atoms with van der Waals surface area (Å²) in [5.41, 5.74) is -0.290. The maximum atomic E-state index is 12.4. The maximum Gasteiger partial charge on any atom is 0.573 e. The Kier molecular flexibility index (Phi) is 3.80. The Morgan fingerprint density at radius 3 is 2.23 bits per heavy atom. The summed E-state index contributed by atoms with van der Waals surface area (Å²) in [5, 5.41) is 8.87. The molecule has 1 fully saturated rings. The fourth-order valence-electron chi connectivity index (χ4n) is 3.62. The van der Waals surface area contributed by atoms with Gasteiger partial charge in [0.05, 0.1) is 5.56 Å². The molecule has 1 aliphatic carbocycles. The van der Waals surface area contributed by atoms with Crippen LogP contribution in [0.15, 0.2) is 18.2 Å². The lowest BCUT2D eigenvalue weighted by molar-refractivity contribution is -0.274. The summed E-state index contributed by atoms with van der Waals surface area (Å²) in [6.07, 6.45) is -4.00. The largest absolute Gasteiger partial charge is 0.573 e. The van der Waals surface area contributed by atoms with Crippen molar-refractivity contribution in [2.45, 2.75) is 46.6 Å². The van der Waals surface area contributed by atoms with E-state index in [1.807, 2.05) is 0 Å². The zero-order valence-electron chi connectivity index (χ0n) is 12.9. The lowest BCUT2D eigenvalue weighted by atomic mass is 9.53. The van der Waals surface area contributed by atoms with Crippen molar-refractivity contribution >= 4 is 0 Å². The van der Waals surface area contributed by atoms with Gasteiger partial charge in [0.15, 0.2) is 5.75 Å². The molecule has 0 bridgehead atoms. The van der Waals surface area contributed by atoms with Gasteiger partial charge in [-0.3, -0.25) is 0 Å². The van der Waals surface area contributed by atoms with E-state index in [1.165, 1.54) is 12.1 Å². The topological polar surface area (TPSA) is 42.2 Å². The number of nitrogens with zero attached hydrogens (tertiary/aromatic N) is 1. The third kappa shape index (κ3) is 3.29. The Bertz CT molecular complexity index is 601. The van der Waals surface area contributed by atoms with Crippen LogP contribution in [-0.4, -0.2) is 12.5 Å². The number of ether oxygens (including phenoxy) is 2. The Hall–Kier alpha value is -1.90. The Labute approximate surface area is 127 Å². The summed E-state index contributed by atoms with van der Waals surface area (Å²) in [4.78, 5) is 0. The normalized spacial score (nSPS) is 19.9. The molecule has 0 aliphatic heterocycles. The molecule has 22 heavy (non-hydrogen) atoms. The molecule has 1 saturated carbocycles. The van der Waals surface area contributed by atoms with E-state index in [-0.39, 0.29) is 28.2 Å². The fraction of sp³-hybridized carbons (Fsp3) is 0.562. The van der Waals surface area contributed by atoms with E-state index in [1.54, 1.807) is 6.07 Å². The van der Waals surface area contributed by atoms with E-state index in [9.17, 15) is 13.2 Å². The third-order valence-electron chi connectivity index (χ3n) is 3.88. The number of hydrogen-bond acceptors (Lipinski definition) is 3. The van der Waals surface area contributed by atoms with Crippen LogP contribution in [-0.2, 0) is 0 Å². The second kappa shape index (κ2) is 5.08. The van der Waals surface area contributed by atoms with Crippen LogP contribution < -0.4 is 9.47 Å². The van der Waals surface area contributed by atoms with Crippen molar-refractivity contribution in [1.29, 1.82) is 5.26 Å². The Morgan fingerprint density at radius 2 is 1.77 bits per heavy atom. The first-order valence-corrected chi connectivity index (χ1v) is 6.91. The highest BCUT2D eigenvalue weighted by Crippen LogP contribution is 2.55. The van der Waals surface area contributed by atoms with Crippen molar-refractivity contribution in [2.75, 3.05) is 0 Å². The summed E-state index contributed by atoms with van der Waals surface area (Å²) >= 11 is 0. The molecule has 0 atom stereocenters. The molecule has 1 aromatic carbocycles. The standard InChI is InChI=1S/C16H18F3NO2/c1-14(2)9-15(3,4)13(14)21-11-6-5-10(8-20)12(7-11)22-16(17,18)19/h5-7,13H,9H2,1-4H3.